The fourth-order valence-electron chi connectivity index (χ4n) is 2.14. The number of carboxylic acid groups (broad SMARTS) is 1. The first-order valence-corrected chi connectivity index (χ1v) is 8.28. The third-order valence-electron chi connectivity index (χ3n) is 3.35. The van der Waals surface area contributed by atoms with E-state index in [0.29, 0.717) is 18.4 Å². The van der Waals surface area contributed by atoms with Gasteiger partial charge in [-0.05, 0) is 25.3 Å². The highest BCUT2D eigenvalue weighted by Gasteiger charge is 2.39. The highest BCUT2D eigenvalue weighted by molar-refractivity contribution is 5.82. The fraction of sp³-hybridized carbons (Fsp3) is 0.579. The van der Waals surface area contributed by atoms with E-state index in [1.807, 2.05) is 52.8 Å². The van der Waals surface area contributed by atoms with Crippen LogP contribution in [0.3, 0.4) is 0 Å². The Morgan fingerprint density at radius 3 is 2.26 bits per heavy atom. The second-order valence-corrected chi connectivity index (χ2v) is 5.07. The van der Waals surface area contributed by atoms with Crippen molar-refractivity contribution in [1.29, 1.82) is 0 Å². The largest absolute Gasteiger partial charge is 0.481 e. The Morgan fingerprint density at radius 2 is 1.83 bits per heavy atom. The quantitative estimate of drug-likeness (QED) is 0.458. The van der Waals surface area contributed by atoms with Crippen molar-refractivity contribution in [1.82, 2.24) is 0 Å². The van der Waals surface area contributed by atoms with E-state index in [1.165, 1.54) is 0 Å². The number of aliphatic carboxylic acids is 1. The van der Waals surface area contributed by atoms with E-state index in [1.54, 1.807) is 6.08 Å². The van der Waals surface area contributed by atoms with Crippen molar-refractivity contribution in [2.45, 2.75) is 60.3 Å². The normalized spacial score (nSPS) is 13.3. The Balaban J connectivity index is 0. The molecule has 0 amide bonds. The second kappa shape index (κ2) is 13.8. The summed E-state index contributed by atoms with van der Waals surface area (Å²) in [7, 11) is 0. The van der Waals surface area contributed by atoms with E-state index in [-0.39, 0.29) is 13.0 Å². The van der Waals surface area contributed by atoms with Crippen molar-refractivity contribution in [3.05, 3.63) is 36.5 Å². The number of hydrogen-bond acceptors (Lipinski definition) is 3. The summed E-state index contributed by atoms with van der Waals surface area (Å²) in [6, 6.07) is 0. The molecule has 0 bridgehead atoms. The molecular weight excluding hydrogens is 292 g/mol. The van der Waals surface area contributed by atoms with Gasteiger partial charge >= 0.3 is 11.9 Å². The maximum atomic E-state index is 12.3. The Kier molecular flexibility index (Phi) is 14.1. The van der Waals surface area contributed by atoms with Crippen molar-refractivity contribution in [2.75, 3.05) is 6.61 Å². The number of carbonyl (C=O) groups is 2. The fourth-order valence-corrected chi connectivity index (χ4v) is 2.14. The number of ether oxygens (including phenoxy) is 1. The van der Waals surface area contributed by atoms with Gasteiger partial charge in [-0.25, -0.2) is 0 Å². The Morgan fingerprint density at radius 1 is 1.22 bits per heavy atom. The zero-order chi connectivity index (χ0) is 18.3. The van der Waals surface area contributed by atoms with E-state index in [4.69, 9.17) is 9.84 Å². The van der Waals surface area contributed by atoms with Crippen molar-refractivity contribution >= 4 is 11.9 Å². The molecule has 0 heterocycles. The summed E-state index contributed by atoms with van der Waals surface area (Å²) >= 11 is 0. The lowest BCUT2D eigenvalue weighted by Gasteiger charge is -2.28. The van der Waals surface area contributed by atoms with Crippen LogP contribution in [-0.2, 0) is 14.3 Å². The second-order valence-electron chi connectivity index (χ2n) is 5.07. The Hall–Kier alpha value is -1.84. The van der Waals surface area contributed by atoms with Gasteiger partial charge in [-0.1, -0.05) is 65.0 Å². The molecule has 0 saturated carbocycles. The third kappa shape index (κ3) is 9.72. The minimum Gasteiger partial charge on any atom is -0.481 e. The lowest BCUT2D eigenvalue weighted by Crippen LogP contribution is -2.35. The molecule has 4 heteroatoms. The van der Waals surface area contributed by atoms with Crippen molar-refractivity contribution in [3.8, 4) is 0 Å². The van der Waals surface area contributed by atoms with Crippen molar-refractivity contribution in [3.63, 3.8) is 0 Å². The lowest BCUT2D eigenvalue weighted by atomic mass is 9.78. The first kappa shape index (κ1) is 23.4. The SMILES string of the molecule is C=C(/C=C\C=C/C)COC(=O)C(CC)(CCC)CC(=O)O.CC. The molecule has 0 fully saturated rings. The maximum absolute atomic E-state index is 12.3. The molecule has 1 N–H and O–H groups in total. The monoisotopic (exact) mass is 324 g/mol. The molecule has 0 radical (unpaired) electrons. The van der Waals surface area contributed by atoms with Gasteiger partial charge in [0.1, 0.15) is 6.61 Å². The van der Waals surface area contributed by atoms with Crippen LogP contribution in [0.2, 0.25) is 0 Å². The Labute approximate surface area is 140 Å². The molecule has 23 heavy (non-hydrogen) atoms. The van der Waals surface area contributed by atoms with Gasteiger partial charge in [0.25, 0.3) is 0 Å². The molecule has 4 nitrogen and oxygen atoms in total. The molecule has 0 aliphatic rings. The highest BCUT2D eigenvalue weighted by Crippen LogP contribution is 2.34. The van der Waals surface area contributed by atoms with Gasteiger partial charge < -0.3 is 9.84 Å². The van der Waals surface area contributed by atoms with Crippen LogP contribution in [0.4, 0.5) is 0 Å². The molecule has 1 unspecified atom stereocenters. The van der Waals surface area contributed by atoms with E-state index < -0.39 is 17.4 Å². The summed E-state index contributed by atoms with van der Waals surface area (Å²) in [5, 5.41) is 9.03. The third-order valence-corrected chi connectivity index (χ3v) is 3.35. The number of rotatable bonds is 10. The zero-order valence-electron chi connectivity index (χ0n) is 15.2. The molecule has 132 valence electrons. The molecule has 1 atom stereocenters. The van der Waals surface area contributed by atoms with E-state index in [0.717, 1.165) is 6.42 Å². The van der Waals surface area contributed by atoms with E-state index in [2.05, 4.69) is 6.58 Å². The highest BCUT2D eigenvalue weighted by atomic mass is 16.5. The minimum atomic E-state index is -0.978. The first-order valence-electron chi connectivity index (χ1n) is 8.28. The van der Waals surface area contributed by atoms with Crippen LogP contribution in [0.25, 0.3) is 0 Å². The van der Waals surface area contributed by atoms with Crippen LogP contribution in [0.5, 0.6) is 0 Å². The summed E-state index contributed by atoms with van der Waals surface area (Å²) in [4.78, 5) is 23.3. The number of allylic oxidation sites excluding steroid dienone is 3. The van der Waals surface area contributed by atoms with Gasteiger partial charge in [0, 0.05) is 0 Å². The number of esters is 1. The van der Waals surface area contributed by atoms with Crippen LogP contribution in [0.1, 0.15) is 60.3 Å². The van der Waals surface area contributed by atoms with Crippen LogP contribution >= 0.6 is 0 Å². The summed E-state index contributed by atoms with van der Waals surface area (Å²) in [5.41, 5.74) is -0.272. The molecule has 0 spiro atoms. The van der Waals surface area contributed by atoms with Crippen LogP contribution < -0.4 is 0 Å². The zero-order valence-corrected chi connectivity index (χ0v) is 15.2. The van der Waals surface area contributed by atoms with E-state index >= 15 is 0 Å². The predicted octanol–water partition coefficient (Wildman–Crippen LogP) is 4.92. The standard InChI is InChI=1S/C17H26O4.C2H6/c1-5-8-9-10-14(4)13-21-16(20)17(7-3,11-6-2)12-15(18)19;1-2/h5,8-10H,4,6-7,11-13H2,1-3H3,(H,18,19);1-2H3/b8-5-,10-9-;. The van der Waals surface area contributed by atoms with Crippen LogP contribution in [-0.4, -0.2) is 23.7 Å². The molecule has 0 saturated heterocycles. The number of carbonyl (C=O) groups excluding carboxylic acids is 1. The van der Waals surface area contributed by atoms with Gasteiger partial charge in [0.05, 0.1) is 11.8 Å². The van der Waals surface area contributed by atoms with Gasteiger partial charge in [-0.3, -0.25) is 9.59 Å². The van der Waals surface area contributed by atoms with Gasteiger partial charge in [0.15, 0.2) is 0 Å². The van der Waals surface area contributed by atoms with Crippen molar-refractivity contribution < 1.29 is 19.4 Å². The smallest absolute Gasteiger partial charge is 0.312 e. The molecule has 0 aromatic heterocycles. The average molecular weight is 324 g/mol. The predicted molar refractivity (Wildman–Crippen MR) is 95.3 cm³/mol. The summed E-state index contributed by atoms with van der Waals surface area (Å²) < 4.78 is 5.27. The molecule has 0 aliphatic carbocycles. The Bertz CT molecular complexity index is 421. The number of carboxylic acids is 1. The first-order chi connectivity index (χ1) is 10.9. The van der Waals surface area contributed by atoms with Gasteiger partial charge in [0.2, 0.25) is 0 Å². The van der Waals surface area contributed by atoms with Crippen molar-refractivity contribution in [2.24, 2.45) is 5.41 Å². The van der Waals surface area contributed by atoms with Gasteiger partial charge in [-0.15, -0.1) is 0 Å². The summed E-state index contributed by atoms with van der Waals surface area (Å²) in [6.07, 6.45) is 8.80. The molecule has 0 aromatic carbocycles. The topological polar surface area (TPSA) is 63.6 Å². The number of hydrogen-bond donors (Lipinski definition) is 1. The molecule has 0 aliphatic heterocycles. The van der Waals surface area contributed by atoms with E-state index in [9.17, 15) is 9.59 Å². The molecule has 0 rings (SSSR count). The van der Waals surface area contributed by atoms with Crippen LogP contribution in [0, 0.1) is 5.41 Å². The molecular formula is C19H32O4. The average Bonchev–Trinajstić information content (AvgIpc) is 2.53. The molecule has 0 aromatic rings. The van der Waals surface area contributed by atoms with Crippen LogP contribution in [0.15, 0.2) is 36.5 Å². The summed E-state index contributed by atoms with van der Waals surface area (Å²) in [5.74, 6) is -1.43. The maximum Gasteiger partial charge on any atom is 0.312 e. The van der Waals surface area contributed by atoms with Gasteiger partial charge in [-0.2, -0.15) is 0 Å². The lowest BCUT2D eigenvalue weighted by molar-refractivity contribution is -0.161. The summed E-state index contributed by atoms with van der Waals surface area (Å²) in [6.45, 7) is 13.5. The minimum absolute atomic E-state index is 0.0813.